The van der Waals surface area contributed by atoms with Gasteiger partial charge in [0.25, 0.3) is 5.91 Å². The van der Waals surface area contributed by atoms with E-state index in [0.717, 1.165) is 31.2 Å². The molecule has 0 saturated heterocycles. The normalized spacial score (nSPS) is 15.5. The first kappa shape index (κ1) is 15.5. The van der Waals surface area contributed by atoms with Crippen LogP contribution in [0.25, 0.3) is 0 Å². The van der Waals surface area contributed by atoms with Crippen LogP contribution in [0.4, 0.5) is 0 Å². The third-order valence-electron chi connectivity index (χ3n) is 3.89. The highest BCUT2D eigenvalue weighted by Crippen LogP contribution is 2.24. The average molecular weight is 289 g/mol. The minimum atomic E-state index is -0.250. The van der Waals surface area contributed by atoms with Crippen molar-refractivity contribution in [2.24, 2.45) is 5.92 Å². The van der Waals surface area contributed by atoms with Gasteiger partial charge in [-0.15, -0.1) is 0 Å². The molecule has 1 amide bonds. The quantitative estimate of drug-likeness (QED) is 0.848. The molecule has 0 spiro atoms. The molecule has 4 nitrogen and oxygen atoms in total. The monoisotopic (exact) mass is 289 g/mol. The summed E-state index contributed by atoms with van der Waals surface area (Å²) >= 11 is 0. The molecule has 1 aromatic rings. The zero-order valence-corrected chi connectivity index (χ0v) is 12.6. The number of carbonyl (C=O) groups excluding carboxylic acids is 2. The molecule has 1 aliphatic rings. The molecule has 1 aromatic carbocycles. The summed E-state index contributed by atoms with van der Waals surface area (Å²) in [7, 11) is 0. The average Bonchev–Trinajstić information content (AvgIpc) is 2.53. The number of carbonyl (C=O) groups is 2. The Kier molecular flexibility index (Phi) is 5.78. The summed E-state index contributed by atoms with van der Waals surface area (Å²) in [6.07, 6.45) is 5.15. The second-order valence-corrected chi connectivity index (χ2v) is 5.70. The van der Waals surface area contributed by atoms with E-state index in [1.807, 2.05) is 31.2 Å². The van der Waals surface area contributed by atoms with E-state index in [4.69, 9.17) is 4.74 Å². The second-order valence-electron chi connectivity index (χ2n) is 5.70. The smallest absolute Gasteiger partial charge is 0.309 e. The summed E-state index contributed by atoms with van der Waals surface area (Å²) in [6, 6.07) is 7.96. The fourth-order valence-corrected chi connectivity index (χ4v) is 2.55. The first-order valence-electron chi connectivity index (χ1n) is 7.64. The van der Waals surface area contributed by atoms with E-state index in [9.17, 15) is 9.59 Å². The number of esters is 1. The lowest BCUT2D eigenvalue weighted by molar-refractivity contribution is -0.153. The predicted octanol–water partition coefficient (Wildman–Crippen LogP) is 2.73. The summed E-state index contributed by atoms with van der Waals surface area (Å²) in [6.45, 7) is 2.30. The van der Waals surface area contributed by atoms with Gasteiger partial charge in [-0.05, 0) is 25.3 Å². The fourth-order valence-electron chi connectivity index (χ4n) is 2.55. The van der Waals surface area contributed by atoms with Crippen molar-refractivity contribution in [2.45, 2.75) is 45.6 Å². The molecular formula is C17H23NO3. The van der Waals surface area contributed by atoms with Gasteiger partial charge in [-0.25, -0.2) is 0 Å². The number of aryl methyl sites for hydroxylation is 1. The van der Waals surface area contributed by atoms with Gasteiger partial charge in [0.15, 0.2) is 6.61 Å². The van der Waals surface area contributed by atoms with E-state index in [-0.39, 0.29) is 24.4 Å². The Bertz CT molecular complexity index is 475. The van der Waals surface area contributed by atoms with Crippen molar-refractivity contribution in [3.8, 4) is 0 Å². The number of nitrogens with one attached hydrogen (secondary N) is 1. The maximum Gasteiger partial charge on any atom is 0.309 e. The van der Waals surface area contributed by atoms with Gasteiger partial charge in [0, 0.05) is 6.54 Å². The third kappa shape index (κ3) is 5.21. The lowest BCUT2D eigenvalue weighted by Gasteiger charge is -2.19. The van der Waals surface area contributed by atoms with Crippen LogP contribution in [0, 0.1) is 12.8 Å². The second kappa shape index (κ2) is 7.81. The van der Waals surface area contributed by atoms with Crippen molar-refractivity contribution in [1.82, 2.24) is 5.32 Å². The van der Waals surface area contributed by atoms with Crippen molar-refractivity contribution in [3.63, 3.8) is 0 Å². The van der Waals surface area contributed by atoms with Crippen LogP contribution in [0.1, 0.15) is 43.2 Å². The first-order valence-corrected chi connectivity index (χ1v) is 7.64. The third-order valence-corrected chi connectivity index (χ3v) is 3.89. The lowest BCUT2D eigenvalue weighted by atomic mass is 9.89. The standard InChI is InChI=1S/C17H23NO3/c1-13-7-9-14(10-8-13)11-18-16(19)12-21-17(20)15-5-3-2-4-6-15/h7-10,15H,2-6,11-12H2,1H3,(H,18,19). The Hall–Kier alpha value is -1.84. The molecular weight excluding hydrogens is 266 g/mol. The molecule has 0 aliphatic heterocycles. The molecule has 0 unspecified atom stereocenters. The number of benzene rings is 1. The molecule has 1 fully saturated rings. The molecule has 0 aromatic heterocycles. The minimum absolute atomic E-state index is 0.0105. The van der Waals surface area contributed by atoms with Crippen LogP contribution in [-0.4, -0.2) is 18.5 Å². The number of ether oxygens (including phenoxy) is 1. The largest absolute Gasteiger partial charge is 0.455 e. The van der Waals surface area contributed by atoms with E-state index >= 15 is 0 Å². The highest BCUT2D eigenvalue weighted by molar-refractivity contribution is 5.81. The first-order chi connectivity index (χ1) is 10.1. The SMILES string of the molecule is Cc1ccc(CNC(=O)COC(=O)C2CCCCC2)cc1. The van der Waals surface area contributed by atoms with E-state index < -0.39 is 0 Å². The van der Waals surface area contributed by atoms with Gasteiger partial charge in [-0.3, -0.25) is 9.59 Å². The molecule has 2 rings (SSSR count). The molecule has 0 heterocycles. The number of amides is 1. The predicted molar refractivity (Wildman–Crippen MR) is 80.6 cm³/mol. The van der Waals surface area contributed by atoms with Crippen LogP contribution < -0.4 is 5.32 Å². The molecule has 114 valence electrons. The van der Waals surface area contributed by atoms with Crippen molar-refractivity contribution in [3.05, 3.63) is 35.4 Å². The Balaban J connectivity index is 1.67. The van der Waals surface area contributed by atoms with Crippen LogP contribution in [0.2, 0.25) is 0 Å². The molecule has 1 aliphatic carbocycles. The highest BCUT2D eigenvalue weighted by Gasteiger charge is 2.22. The van der Waals surface area contributed by atoms with Gasteiger partial charge in [-0.2, -0.15) is 0 Å². The Morgan fingerprint density at radius 2 is 1.81 bits per heavy atom. The molecule has 0 bridgehead atoms. The summed E-state index contributed by atoms with van der Waals surface area (Å²) in [4.78, 5) is 23.5. The van der Waals surface area contributed by atoms with E-state index in [1.165, 1.54) is 12.0 Å². The van der Waals surface area contributed by atoms with Gasteiger partial charge in [-0.1, -0.05) is 49.1 Å². The molecule has 21 heavy (non-hydrogen) atoms. The summed E-state index contributed by atoms with van der Waals surface area (Å²) in [5.74, 6) is -0.483. The molecule has 1 N–H and O–H groups in total. The van der Waals surface area contributed by atoms with Crippen molar-refractivity contribution in [1.29, 1.82) is 0 Å². The Morgan fingerprint density at radius 3 is 2.48 bits per heavy atom. The van der Waals surface area contributed by atoms with Crippen LogP contribution in [0.5, 0.6) is 0 Å². The molecule has 4 heteroatoms. The topological polar surface area (TPSA) is 55.4 Å². The Labute approximate surface area is 125 Å². The van der Waals surface area contributed by atoms with E-state index in [2.05, 4.69) is 5.32 Å². The minimum Gasteiger partial charge on any atom is -0.455 e. The molecule has 0 radical (unpaired) electrons. The maximum atomic E-state index is 11.8. The number of rotatable bonds is 5. The van der Waals surface area contributed by atoms with Gasteiger partial charge in [0.2, 0.25) is 0 Å². The molecule has 0 atom stereocenters. The van der Waals surface area contributed by atoms with E-state index in [0.29, 0.717) is 6.54 Å². The van der Waals surface area contributed by atoms with Gasteiger partial charge in [0.05, 0.1) is 5.92 Å². The molecule has 1 saturated carbocycles. The number of hydrogen-bond donors (Lipinski definition) is 1. The summed E-state index contributed by atoms with van der Waals surface area (Å²) in [5.41, 5.74) is 2.22. The van der Waals surface area contributed by atoms with Crippen LogP contribution in [-0.2, 0) is 20.9 Å². The zero-order valence-electron chi connectivity index (χ0n) is 12.6. The van der Waals surface area contributed by atoms with Gasteiger partial charge >= 0.3 is 5.97 Å². The van der Waals surface area contributed by atoms with Crippen LogP contribution >= 0.6 is 0 Å². The summed E-state index contributed by atoms with van der Waals surface area (Å²) in [5, 5.41) is 2.76. The lowest BCUT2D eigenvalue weighted by Crippen LogP contribution is -2.30. The van der Waals surface area contributed by atoms with E-state index in [1.54, 1.807) is 0 Å². The van der Waals surface area contributed by atoms with Crippen molar-refractivity contribution in [2.75, 3.05) is 6.61 Å². The van der Waals surface area contributed by atoms with Crippen molar-refractivity contribution >= 4 is 11.9 Å². The number of hydrogen-bond acceptors (Lipinski definition) is 3. The zero-order chi connectivity index (χ0) is 15.1. The summed E-state index contributed by atoms with van der Waals surface area (Å²) < 4.78 is 5.10. The fraction of sp³-hybridized carbons (Fsp3) is 0.529. The van der Waals surface area contributed by atoms with Crippen LogP contribution in [0.15, 0.2) is 24.3 Å². The van der Waals surface area contributed by atoms with Gasteiger partial charge in [0.1, 0.15) is 0 Å². The maximum absolute atomic E-state index is 11.8. The highest BCUT2D eigenvalue weighted by atomic mass is 16.5. The van der Waals surface area contributed by atoms with Crippen LogP contribution in [0.3, 0.4) is 0 Å². The van der Waals surface area contributed by atoms with Crippen molar-refractivity contribution < 1.29 is 14.3 Å². The Morgan fingerprint density at radius 1 is 1.14 bits per heavy atom. The van der Waals surface area contributed by atoms with Gasteiger partial charge < -0.3 is 10.1 Å².